The number of ether oxygens (including phenoxy) is 3. The summed E-state index contributed by atoms with van der Waals surface area (Å²) in [6, 6.07) is 13.4. The SMILES string of the molecule is CCOc1cc(C(=S)NCCN2CCOCC2)ccc1OCc1ccc(Cl)cc1. The lowest BCUT2D eigenvalue weighted by atomic mass is 10.2. The summed E-state index contributed by atoms with van der Waals surface area (Å²) in [5.41, 5.74) is 1.96. The van der Waals surface area contributed by atoms with E-state index in [1.165, 1.54) is 0 Å². The molecule has 1 aliphatic heterocycles. The number of benzene rings is 2. The lowest BCUT2D eigenvalue weighted by Crippen LogP contribution is -2.41. The Morgan fingerprint density at radius 3 is 2.59 bits per heavy atom. The zero-order valence-corrected chi connectivity index (χ0v) is 18.2. The van der Waals surface area contributed by atoms with Gasteiger partial charge in [0.2, 0.25) is 0 Å². The number of rotatable bonds is 9. The summed E-state index contributed by atoms with van der Waals surface area (Å²) in [6.45, 7) is 8.26. The Morgan fingerprint density at radius 1 is 1.10 bits per heavy atom. The molecule has 2 aromatic carbocycles. The van der Waals surface area contributed by atoms with Gasteiger partial charge in [-0.3, -0.25) is 4.90 Å². The van der Waals surface area contributed by atoms with Crippen molar-refractivity contribution < 1.29 is 14.2 Å². The van der Waals surface area contributed by atoms with Gasteiger partial charge in [0, 0.05) is 36.8 Å². The van der Waals surface area contributed by atoms with Gasteiger partial charge < -0.3 is 19.5 Å². The molecule has 0 radical (unpaired) electrons. The van der Waals surface area contributed by atoms with Crippen LogP contribution in [0.5, 0.6) is 11.5 Å². The first-order valence-electron chi connectivity index (χ1n) is 9.88. The zero-order chi connectivity index (χ0) is 20.5. The van der Waals surface area contributed by atoms with Crippen LogP contribution in [0.2, 0.25) is 5.02 Å². The van der Waals surface area contributed by atoms with Crippen molar-refractivity contribution in [3.05, 3.63) is 58.6 Å². The lowest BCUT2D eigenvalue weighted by Gasteiger charge is -2.26. The van der Waals surface area contributed by atoms with Gasteiger partial charge in [0.15, 0.2) is 11.5 Å². The molecule has 7 heteroatoms. The highest BCUT2D eigenvalue weighted by Crippen LogP contribution is 2.29. The van der Waals surface area contributed by atoms with Crippen LogP contribution >= 0.6 is 23.8 Å². The van der Waals surface area contributed by atoms with Gasteiger partial charge in [0.05, 0.1) is 19.8 Å². The van der Waals surface area contributed by atoms with Gasteiger partial charge in [-0.2, -0.15) is 0 Å². The summed E-state index contributed by atoms with van der Waals surface area (Å²) in [7, 11) is 0. The maximum Gasteiger partial charge on any atom is 0.161 e. The smallest absolute Gasteiger partial charge is 0.161 e. The molecule has 5 nitrogen and oxygen atoms in total. The number of hydrogen-bond donors (Lipinski definition) is 1. The molecule has 0 bridgehead atoms. The number of thiocarbonyl (C=S) groups is 1. The molecule has 0 amide bonds. The number of nitrogens with one attached hydrogen (secondary N) is 1. The average molecular weight is 435 g/mol. The molecule has 0 saturated carbocycles. The highest BCUT2D eigenvalue weighted by atomic mass is 35.5. The maximum absolute atomic E-state index is 5.96. The molecule has 3 rings (SSSR count). The van der Waals surface area contributed by atoms with Crippen molar-refractivity contribution >= 4 is 28.8 Å². The molecular formula is C22H27ClN2O3S. The van der Waals surface area contributed by atoms with Crippen molar-refractivity contribution in [2.24, 2.45) is 0 Å². The molecule has 29 heavy (non-hydrogen) atoms. The van der Waals surface area contributed by atoms with E-state index in [9.17, 15) is 0 Å². The zero-order valence-electron chi connectivity index (χ0n) is 16.7. The minimum Gasteiger partial charge on any atom is -0.490 e. The Kier molecular flexibility index (Phi) is 8.55. The lowest BCUT2D eigenvalue weighted by molar-refractivity contribution is 0.0389. The van der Waals surface area contributed by atoms with E-state index >= 15 is 0 Å². The molecule has 1 fully saturated rings. The molecule has 0 atom stereocenters. The third-order valence-electron chi connectivity index (χ3n) is 4.63. The number of halogens is 1. The summed E-state index contributed by atoms with van der Waals surface area (Å²) < 4.78 is 17.1. The Balaban J connectivity index is 1.57. The minimum atomic E-state index is 0.443. The highest BCUT2D eigenvalue weighted by Gasteiger charge is 2.12. The van der Waals surface area contributed by atoms with Gasteiger partial charge in [0.25, 0.3) is 0 Å². The molecular weight excluding hydrogens is 408 g/mol. The maximum atomic E-state index is 5.96. The average Bonchev–Trinajstić information content (AvgIpc) is 2.75. The van der Waals surface area contributed by atoms with Crippen LogP contribution in [0.25, 0.3) is 0 Å². The molecule has 0 unspecified atom stereocenters. The number of morpholine rings is 1. The summed E-state index contributed by atoms with van der Waals surface area (Å²) in [4.78, 5) is 3.08. The van der Waals surface area contributed by atoms with Gasteiger partial charge in [0.1, 0.15) is 11.6 Å². The van der Waals surface area contributed by atoms with Crippen LogP contribution in [0.15, 0.2) is 42.5 Å². The van der Waals surface area contributed by atoms with E-state index in [4.69, 9.17) is 38.0 Å². The summed E-state index contributed by atoms with van der Waals surface area (Å²) in [5.74, 6) is 1.39. The third kappa shape index (κ3) is 6.85. The second kappa shape index (κ2) is 11.4. The largest absolute Gasteiger partial charge is 0.490 e. The third-order valence-corrected chi connectivity index (χ3v) is 5.26. The van der Waals surface area contributed by atoms with E-state index in [0.717, 1.165) is 50.5 Å². The second-order valence-electron chi connectivity index (χ2n) is 6.72. The normalized spacial score (nSPS) is 14.4. The Labute approximate surface area is 182 Å². The molecule has 1 heterocycles. The van der Waals surface area contributed by atoms with Crippen molar-refractivity contribution in [1.82, 2.24) is 10.2 Å². The van der Waals surface area contributed by atoms with E-state index in [1.807, 2.05) is 49.4 Å². The van der Waals surface area contributed by atoms with Gasteiger partial charge in [-0.25, -0.2) is 0 Å². The summed E-state index contributed by atoms with van der Waals surface area (Å²) in [6.07, 6.45) is 0. The van der Waals surface area contributed by atoms with E-state index in [2.05, 4.69) is 10.2 Å². The topological polar surface area (TPSA) is 43.0 Å². The molecule has 0 spiro atoms. The highest BCUT2D eigenvalue weighted by molar-refractivity contribution is 7.80. The molecule has 2 aromatic rings. The van der Waals surface area contributed by atoms with E-state index in [1.54, 1.807) is 0 Å². The van der Waals surface area contributed by atoms with E-state index in [0.29, 0.717) is 34.7 Å². The molecule has 1 saturated heterocycles. The van der Waals surface area contributed by atoms with Gasteiger partial charge in [-0.15, -0.1) is 0 Å². The number of hydrogen-bond acceptors (Lipinski definition) is 5. The second-order valence-corrected chi connectivity index (χ2v) is 7.56. The van der Waals surface area contributed by atoms with Gasteiger partial charge in [-0.05, 0) is 42.8 Å². The van der Waals surface area contributed by atoms with Crippen molar-refractivity contribution in [2.45, 2.75) is 13.5 Å². The molecule has 0 aromatic heterocycles. The first-order chi connectivity index (χ1) is 14.2. The molecule has 0 aliphatic carbocycles. The van der Waals surface area contributed by atoms with Crippen LogP contribution in [-0.2, 0) is 11.3 Å². The van der Waals surface area contributed by atoms with Crippen molar-refractivity contribution in [3.8, 4) is 11.5 Å². The van der Waals surface area contributed by atoms with E-state index < -0.39 is 0 Å². The summed E-state index contributed by atoms with van der Waals surface area (Å²) in [5, 5.41) is 4.05. The number of nitrogens with zero attached hydrogens (tertiary/aromatic N) is 1. The van der Waals surface area contributed by atoms with Crippen molar-refractivity contribution in [2.75, 3.05) is 46.0 Å². The predicted octanol–water partition coefficient (Wildman–Crippen LogP) is 3.92. The standard InChI is InChI=1S/C22H27ClN2O3S/c1-2-27-21-15-18(22(29)24-9-10-25-11-13-26-14-12-25)5-8-20(21)28-16-17-3-6-19(23)7-4-17/h3-8,15H,2,9-14,16H2,1H3,(H,24,29). The first kappa shape index (κ1) is 21.8. The predicted molar refractivity (Wildman–Crippen MR) is 120 cm³/mol. The van der Waals surface area contributed by atoms with Crippen LogP contribution in [0.3, 0.4) is 0 Å². The van der Waals surface area contributed by atoms with Crippen molar-refractivity contribution in [1.29, 1.82) is 0 Å². The first-order valence-corrected chi connectivity index (χ1v) is 10.7. The fourth-order valence-electron chi connectivity index (χ4n) is 3.03. The molecule has 1 aliphatic rings. The fourth-order valence-corrected chi connectivity index (χ4v) is 3.39. The van der Waals surface area contributed by atoms with Crippen LogP contribution < -0.4 is 14.8 Å². The van der Waals surface area contributed by atoms with Gasteiger partial charge in [-0.1, -0.05) is 36.0 Å². The van der Waals surface area contributed by atoms with Crippen LogP contribution in [-0.4, -0.2) is 55.9 Å². The quantitative estimate of drug-likeness (QED) is 0.603. The monoisotopic (exact) mass is 434 g/mol. The Bertz CT molecular complexity index is 795. The van der Waals surface area contributed by atoms with Gasteiger partial charge >= 0.3 is 0 Å². The minimum absolute atomic E-state index is 0.443. The van der Waals surface area contributed by atoms with Crippen LogP contribution in [0, 0.1) is 0 Å². The summed E-state index contributed by atoms with van der Waals surface area (Å²) >= 11 is 11.5. The van der Waals surface area contributed by atoms with Crippen LogP contribution in [0.4, 0.5) is 0 Å². The van der Waals surface area contributed by atoms with Crippen molar-refractivity contribution in [3.63, 3.8) is 0 Å². The van der Waals surface area contributed by atoms with E-state index in [-0.39, 0.29) is 0 Å². The Hall–Kier alpha value is -1.86. The fraction of sp³-hybridized carbons (Fsp3) is 0.409. The molecule has 156 valence electrons. The Morgan fingerprint density at radius 2 is 1.86 bits per heavy atom. The molecule has 1 N–H and O–H groups in total. The van der Waals surface area contributed by atoms with Crippen LogP contribution in [0.1, 0.15) is 18.1 Å².